The van der Waals surface area contributed by atoms with Crippen molar-refractivity contribution in [2.75, 3.05) is 6.54 Å². The second-order valence-electron chi connectivity index (χ2n) is 6.54. The van der Waals surface area contributed by atoms with Gasteiger partial charge in [-0.15, -0.1) is 0 Å². The van der Waals surface area contributed by atoms with Crippen molar-refractivity contribution in [1.29, 1.82) is 0 Å². The SMILES string of the molecule is CCCCCCCCCC(=O)NCCCc1ccc(OS(N)(=O)=O)cc1. The Kier molecular flexibility index (Phi) is 11.0. The van der Waals surface area contributed by atoms with Crippen molar-refractivity contribution in [3.05, 3.63) is 29.8 Å². The normalized spacial score (nSPS) is 11.3. The molecule has 0 saturated heterocycles. The average Bonchev–Trinajstić information content (AvgIpc) is 2.58. The van der Waals surface area contributed by atoms with Crippen LogP contribution in [0.25, 0.3) is 0 Å². The van der Waals surface area contributed by atoms with Gasteiger partial charge in [0.15, 0.2) is 0 Å². The Hall–Kier alpha value is -1.60. The number of nitrogens with two attached hydrogens (primary N) is 1. The summed E-state index contributed by atoms with van der Waals surface area (Å²) in [4.78, 5) is 11.8. The van der Waals surface area contributed by atoms with Crippen LogP contribution >= 0.6 is 0 Å². The van der Waals surface area contributed by atoms with Crippen molar-refractivity contribution in [2.24, 2.45) is 5.14 Å². The van der Waals surface area contributed by atoms with E-state index >= 15 is 0 Å². The summed E-state index contributed by atoms with van der Waals surface area (Å²) in [6, 6.07) is 6.72. The lowest BCUT2D eigenvalue weighted by Crippen LogP contribution is -2.24. The minimum atomic E-state index is -3.98. The van der Waals surface area contributed by atoms with Crippen molar-refractivity contribution in [3.63, 3.8) is 0 Å². The predicted molar refractivity (Wildman–Crippen MR) is 104 cm³/mol. The van der Waals surface area contributed by atoms with Crippen LogP contribution in [0, 0.1) is 0 Å². The molecule has 0 aliphatic rings. The maximum absolute atomic E-state index is 11.8. The molecule has 1 rings (SSSR count). The zero-order chi connectivity index (χ0) is 19.3. The van der Waals surface area contributed by atoms with Crippen LogP contribution in [0.5, 0.6) is 5.75 Å². The van der Waals surface area contributed by atoms with E-state index in [9.17, 15) is 13.2 Å². The van der Waals surface area contributed by atoms with Crippen molar-refractivity contribution in [1.82, 2.24) is 5.32 Å². The number of hydrogen-bond donors (Lipinski definition) is 2. The van der Waals surface area contributed by atoms with Gasteiger partial charge in [0.05, 0.1) is 0 Å². The maximum Gasteiger partial charge on any atom is 0.380 e. The second kappa shape index (κ2) is 12.7. The van der Waals surface area contributed by atoms with Crippen LogP contribution in [0.15, 0.2) is 24.3 Å². The number of amides is 1. The summed E-state index contributed by atoms with van der Waals surface area (Å²) in [5.41, 5.74) is 1.05. The fourth-order valence-corrected chi connectivity index (χ4v) is 3.08. The largest absolute Gasteiger partial charge is 0.380 e. The molecule has 0 radical (unpaired) electrons. The highest BCUT2D eigenvalue weighted by Crippen LogP contribution is 2.14. The van der Waals surface area contributed by atoms with E-state index in [1.54, 1.807) is 24.3 Å². The molecule has 1 aromatic rings. The number of benzene rings is 1. The Morgan fingerprint density at radius 2 is 1.62 bits per heavy atom. The number of carbonyl (C=O) groups is 1. The number of nitrogens with one attached hydrogen (secondary N) is 1. The number of hydrogen-bond acceptors (Lipinski definition) is 4. The van der Waals surface area contributed by atoms with Crippen LogP contribution in [0.2, 0.25) is 0 Å². The van der Waals surface area contributed by atoms with Gasteiger partial charge in [0.25, 0.3) is 0 Å². The van der Waals surface area contributed by atoms with Crippen molar-refractivity contribution >= 4 is 16.2 Å². The summed E-state index contributed by atoms with van der Waals surface area (Å²) < 4.78 is 26.2. The summed E-state index contributed by atoms with van der Waals surface area (Å²) in [5.74, 6) is 0.315. The first kappa shape index (κ1) is 22.4. The molecule has 26 heavy (non-hydrogen) atoms. The van der Waals surface area contributed by atoms with Gasteiger partial charge in [-0.2, -0.15) is 13.6 Å². The molecule has 0 aromatic heterocycles. The van der Waals surface area contributed by atoms with Crippen LogP contribution < -0.4 is 14.6 Å². The minimum absolute atomic E-state index is 0.121. The Bertz CT molecular complexity index is 615. The van der Waals surface area contributed by atoms with Gasteiger partial charge < -0.3 is 9.50 Å². The van der Waals surface area contributed by atoms with E-state index < -0.39 is 10.3 Å². The topological polar surface area (TPSA) is 98.5 Å². The molecular weight excluding hydrogens is 352 g/mol. The first-order valence-corrected chi connectivity index (χ1v) is 11.0. The molecule has 1 amide bonds. The molecule has 148 valence electrons. The summed E-state index contributed by atoms with van der Waals surface area (Å²) in [6.45, 7) is 2.85. The summed E-state index contributed by atoms with van der Waals surface area (Å²) in [6.07, 6.45) is 10.7. The van der Waals surface area contributed by atoms with E-state index in [2.05, 4.69) is 16.4 Å². The molecular formula is C19H32N2O4S. The van der Waals surface area contributed by atoms with Crippen molar-refractivity contribution in [3.8, 4) is 5.75 Å². The van der Waals surface area contributed by atoms with Crippen LogP contribution in [0.4, 0.5) is 0 Å². The first-order chi connectivity index (χ1) is 12.4. The van der Waals surface area contributed by atoms with E-state index in [4.69, 9.17) is 5.14 Å². The van der Waals surface area contributed by atoms with Gasteiger partial charge in [-0.25, -0.2) is 0 Å². The van der Waals surface area contributed by atoms with E-state index in [0.717, 1.165) is 31.2 Å². The Morgan fingerprint density at radius 3 is 2.23 bits per heavy atom. The van der Waals surface area contributed by atoms with Gasteiger partial charge in [-0.1, -0.05) is 57.6 Å². The molecule has 0 atom stereocenters. The first-order valence-electron chi connectivity index (χ1n) is 9.48. The van der Waals surface area contributed by atoms with Crippen LogP contribution in [0.3, 0.4) is 0 Å². The van der Waals surface area contributed by atoms with E-state index in [0.29, 0.717) is 13.0 Å². The highest BCUT2D eigenvalue weighted by Gasteiger charge is 2.05. The maximum atomic E-state index is 11.8. The van der Waals surface area contributed by atoms with Crippen LogP contribution in [0.1, 0.15) is 70.3 Å². The summed E-state index contributed by atoms with van der Waals surface area (Å²) in [7, 11) is -3.98. The summed E-state index contributed by atoms with van der Waals surface area (Å²) in [5, 5.41) is 7.76. The number of carbonyl (C=O) groups excluding carboxylic acids is 1. The lowest BCUT2D eigenvalue weighted by Gasteiger charge is -2.07. The smallest absolute Gasteiger partial charge is 0.371 e. The molecule has 3 N–H and O–H groups in total. The molecule has 0 heterocycles. The number of aryl methyl sites for hydroxylation is 1. The van der Waals surface area contributed by atoms with Gasteiger partial charge in [0, 0.05) is 13.0 Å². The number of rotatable bonds is 14. The molecule has 0 unspecified atom stereocenters. The highest BCUT2D eigenvalue weighted by atomic mass is 32.2. The quantitative estimate of drug-likeness (QED) is 0.480. The zero-order valence-electron chi connectivity index (χ0n) is 15.7. The van der Waals surface area contributed by atoms with Gasteiger partial charge in [-0.3, -0.25) is 4.79 Å². The van der Waals surface area contributed by atoms with E-state index in [-0.39, 0.29) is 11.7 Å². The number of unbranched alkanes of at least 4 members (excludes halogenated alkanes) is 6. The van der Waals surface area contributed by atoms with Crippen molar-refractivity contribution in [2.45, 2.75) is 71.1 Å². The van der Waals surface area contributed by atoms with Gasteiger partial charge in [0.2, 0.25) is 5.91 Å². The zero-order valence-corrected chi connectivity index (χ0v) is 16.5. The highest BCUT2D eigenvalue weighted by molar-refractivity contribution is 7.84. The third kappa shape index (κ3) is 11.9. The minimum Gasteiger partial charge on any atom is -0.371 e. The summed E-state index contributed by atoms with van der Waals surface area (Å²) >= 11 is 0. The predicted octanol–water partition coefficient (Wildman–Crippen LogP) is 3.46. The van der Waals surface area contributed by atoms with Crippen molar-refractivity contribution < 1.29 is 17.4 Å². The second-order valence-corrected chi connectivity index (χ2v) is 7.70. The Morgan fingerprint density at radius 1 is 1.00 bits per heavy atom. The van der Waals surface area contributed by atoms with Gasteiger partial charge in [0.1, 0.15) is 5.75 Å². The molecule has 0 spiro atoms. The molecule has 6 nitrogen and oxygen atoms in total. The van der Waals surface area contributed by atoms with Gasteiger partial charge >= 0.3 is 10.3 Å². The van der Waals surface area contributed by atoms with E-state index in [1.165, 1.54) is 32.1 Å². The standard InChI is InChI=1S/C19H32N2O4S/c1-2-3-4-5-6-7-8-11-19(22)21-16-9-10-17-12-14-18(15-13-17)25-26(20,23)24/h12-15H,2-11,16H2,1H3,(H,21,22)(H2,20,23,24). The van der Waals surface area contributed by atoms with E-state index in [1.807, 2.05) is 0 Å². The lowest BCUT2D eigenvalue weighted by molar-refractivity contribution is -0.121. The van der Waals surface area contributed by atoms with Crippen LogP contribution in [-0.2, 0) is 21.5 Å². The lowest BCUT2D eigenvalue weighted by atomic mass is 10.1. The fourth-order valence-electron chi connectivity index (χ4n) is 2.70. The van der Waals surface area contributed by atoms with Gasteiger partial charge in [-0.05, 0) is 37.0 Å². The molecule has 0 bridgehead atoms. The third-order valence-electron chi connectivity index (χ3n) is 4.11. The monoisotopic (exact) mass is 384 g/mol. The molecule has 0 aliphatic heterocycles. The van der Waals surface area contributed by atoms with Crippen LogP contribution in [-0.4, -0.2) is 20.9 Å². The molecule has 1 aromatic carbocycles. The molecule has 0 saturated carbocycles. The molecule has 0 fully saturated rings. The molecule has 0 aliphatic carbocycles. The Balaban J connectivity index is 2.08. The average molecular weight is 385 g/mol. The fraction of sp³-hybridized carbons (Fsp3) is 0.632. The Labute approximate surface area is 157 Å². The molecule has 7 heteroatoms. The third-order valence-corrected chi connectivity index (χ3v) is 4.53.